The van der Waals surface area contributed by atoms with Crippen molar-refractivity contribution in [1.29, 1.82) is 0 Å². The van der Waals surface area contributed by atoms with Gasteiger partial charge in [0.05, 0.1) is 18.5 Å². The smallest absolute Gasteiger partial charge is 0.256 e. The van der Waals surface area contributed by atoms with E-state index in [2.05, 4.69) is 36.2 Å². The van der Waals surface area contributed by atoms with E-state index in [-0.39, 0.29) is 17.9 Å². The molecule has 2 heterocycles. The summed E-state index contributed by atoms with van der Waals surface area (Å²) in [6.07, 6.45) is 1.66. The van der Waals surface area contributed by atoms with Gasteiger partial charge >= 0.3 is 0 Å². The van der Waals surface area contributed by atoms with Crippen molar-refractivity contribution < 1.29 is 9.90 Å². The molecule has 0 bridgehead atoms. The van der Waals surface area contributed by atoms with Gasteiger partial charge in [0, 0.05) is 23.3 Å². The largest absolute Gasteiger partial charge is 0.392 e. The van der Waals surface area contributed by atoms with Gasteiger partial charge in [-0.2, -0.15) is 5.10 Å². The molecule has 4 aromatic rings. The Bertz CT molecular complexity index is 1200. The highest BCUT2D eigenvalue weighted by Gasteiger charge is 2.16. The fraction of sp³-hybridized carbons (Fsp3) is 0.208. The van der Waals surface area contributed by atoms with E-state index in [4.69, 9.17) is 0 Å². The van der Waals surface area contributed by atoms with Crippen molar-refractivity contribution in [3.63, 3.8) is 0 Å². The molecule has 30 heavy (non-hydrogen) atoms. The maximum Gasteiger partial charge on any atom is 0.256 e. The summed E-state index contributed by atoms with van der Waals surface area (Å²) in [6.45, 7) is 6.32. The van der Waals surface area contributed by atoms with E-state index in [1.165, 1.54) is 5.56 Å². The van der Waals surface area contributed by atoms with Crippen LogP contribution in [0.25, 0.3) is 16.9 Å². The monoisotopic (exact) mass is 400 g/mol. The average molecular weight is 400 g/mol. The van der Waals surface area contributed by atoms with Gasteiger partial charge in [-0.25, -0.2) is 9.50 Å². The summed E-state index contributed by atoms with van der Waals surface area (Å²) < 4.78 is 1.70. The molecule has 0 aliphatic rings. The summed E-state index contributed by atoms with van der Waals surface area (Å²) in [5.41, 5.74) is 4.72. The Hall–Kier alpha value is -3.51. The van der Waals surface area contributed by atoms with Gasteiger partial charge in [0.1, 0.15) is 5.82 Å². The second-order valence-electron chi connectivity index (χ2n) is 8.22. The standard InChI is InChI=1S/C24H24N4O2/c1-24(2,3)18-10-8-16(9-11-18)23(30)27-21-14-20(28-22(26-21)12-13-25-28)19-7-5-4-6-17(19)15-29/h4-14,29H,15H2,1-3H3,(H,26,27,30). The molecular weight excluding hydrogens is 376 g/mol. The molecule has 1 amide bonds. The van der Waals surface area contributed by atoms with E-state index in [1.54, 1.807) is 22.8 Å². The fourth-order valence-corrected chi connectivity index (χ4v) is 3.39. The third kappa shape index (κ3) is 3.82. The summed E-state index contributed by atoms with van der Waals surface area (Å²) >= 11 is 0. The van der Waals surface area contributed by atoms with Crippen molar-refractivity contribution >= 4 is 17.4 Å². The summed E-state index contributed by atoms with van der Waals surface area (Å²) in [5.74, 6) is 0.198. The predicted molar refractivity (Wildman–Crippen MR) is 117 cm³/mol. The van der Waals surface area contributed by atoms with Gasteiger partial charge in [-0.15, -0.1) is 0 Å². The summed E-state index contributed by atoms with van der Waals surface area (Å²) in [4.78, 5) is 17.3. The summed E-state index contributed by atoms with van der Waals surface area (Å²) in [7, 11) is 0. The maximum atomic E-state index is 12.8. The van der Waals surface area contributed by atoms with Gasteiger partial charge in [0.25, 0.3) is 5.91 Å². The van der Waals surface area contributed by atoms with Crippen molar-refractivity contribution in [3.05, 3.63) is 83.6 Å². The highest BCUT2D eigenvalue weighted by molar-refractivity contribution is 6.04. The average Bonchev–Trinajstić information content (AvgIpc) is 3.21. The molecule has 0 saturated carbocycles. The zero-order chi connectivity index (χ0) is 21.3. The van der Waals surface area contributed by atoms with E-state index in [0.717, 1.165) is 16.8 Å². The first-order chi connectivity index (χ1) is 14.4. The van der Waals surface area contributed by atoms with Crippen LogP contribution in [-0.2, 0) is 12.0 Å². The second kappa shape index (κ2) is 7.72. The van der Waals surface area contributed by atoms with Gasteiger partial charge in [0.2, 0.25) is 0 Å². The molecule has 0 fully saturated rings. The number of hydrogen-bond donors (Lipinski definition) is 2. The Morgan fingerprint density at radius 3 is 2.50 bits per heavy atom. The third-order valence-corrected chi connectivity index (χ3v) is 5.08. The van der Waals surface area contributed by atoms with Crippen LogP contribution in [0.2, 0.25) is 0 Å². The minimum absolute atomic E-state index is 0.0264. The highest BCUT2D eigenvalue weighted by Crippen LogP contribution is 2.27. The second-order valence-corrected chi connectivity index (χ2v) is 8.22. The molecule has 0 radical (unpaired) electrons. The summed E-state index contributed by atoms with van der Waals surface area (Å²) in [5, 5.41) is 17.0. The first-order valence-electron chi connectivity index (χ1n) is 9.82. The lowest BCUT2D eigenvalue weighted by atomic mass is 9.87. The zero-order valence-corrected chi connectivity index (χ0v) is 17.3. The van der Waals surface area contributed by atoms with E-state index in [9.17, 15) is 9.90 Å². The molecule has 0 aliphatic carbocycles. The van der Waals surface area contributed by atoms with E-state index in [0.29, 0.717) is 17.0 Å². The molecule has 0 spiro atoms. The summed E-state index contributed by atoms with van der Waals surface area (Å²) in [6, 6.07) is 18.7. The molecular formula is C24H24N4O2. The number of nitrogens with one attached hydrogen (secondary N) is 1. The molecule has 4 rings (SSSR count). The normalized spacial score (nSPS) is 11.6. The Morgan fingerprint density at radius 2 is 1.80 bits per heavy atom. The Kier molecular flexibility index (Phi) is 5.10. The van der Waals surface area contributed by atoms with E-state index >= 15 is 0 Å². The number of benzene rings is 2. The highest BCUT2D eigenvalue weighted by atomic mass is 16.3. The number of aliphatic hydroxyl groups excluding tert-OH is 1. The number of carbonyl (C=O) groups is 1. The van der Waals surface area contributed by atoms with Crippen molar-refractivity contribution in [2.75, 3.05) is 5.32 Å². The molecule has 0 unspecified atom stereocenters. The molecule has 6 nitrogen and oxygen atoms in total. The Balaban J connectivity index is 1.69. The molecule has 0 atom stereocenters. The van der Waals surface area contributed by atoms with Crippen LogP contribution < -0.4 is 5.32 Å². The maximum absolute atomic E-state index is 12.8. The number of aromatic nitrogens is 3. The van der Waals surface area contributed by atoms with Crippen LogP contribution in [0.1, 0.15) is 42.3 Å². The van der Waals surface area contributed by atoms with Crippen LogP contribution in [0.15, 0.2) is 66.9 Å². The number of rotatable bonds is 4. The van der Waals surface area contributed by atoms with Crippen molar-refractivity contribution in [2.45, 2.75) is 32.8 Å². The SMILES string of the molecule is CC(C)(C)c1ccc(C(=O)Nc2cc(-c3ccccc3CO)n3nccc3n2)cc1. The van der Waals surface area contributed by atoms with Crippen molar-refractivity contribution in [1.82, 2.24) is 14.6 Å². The lowest BCUT2D eigenvalue weighted by Gasteiger charge is -2.19. The van der Waals surface area contributed by atoms with Crippen LogP contribution in [0.5, 0.6) is 0 Å². The van der Waals surface area contributed by atoms with Gasteiger partial charge in [-0.1, -0.05) is 57.2 Å². The molecule has 6 heteroatoms. The van der Waals surface area contributed by atoms with Gasteiger partial charge in [0.15, 0.2) is 5.65 Å². The van der Waals surface area contributed by atoms with E-state index < -0.39 is 0 Å². The number of carbonyl (C=O) groups excluding carboxylic acids is 1. The lowest BCUT2D eigenvalue weighted by Crippen LogP contribution is -2.15. The molecule has 0 aliphatic heterocycles. The first kappa shape index (κ1) is 19.8. The number of amides is 1. The molecule has 2 N–H and O–H groups in total. The first-order valence-corrected chi connectivity index (χ1v) is 9.82. The number of hydrogen-bond acceptors (Lipinski definition) is 4. The Labute approximate surface area is 175 Å². The molecule has 2 aromatic carbocycles. The predicted octanol–water partition coefficient (Wildman–Crippen LogP) is 4.44. The topological polar surface area (TPSA) is 79.5 Å². The van der Waals surface area contributed by atoms with Crippen molar-refractivity contribution in [3.8, 4) is 11.3 Å². The minimum Gasteiger partial charge on any atom is -0.392 e. The number of anilines is 1. The van der Waals surface area contributed by atoms with E-state index in [1.807, 2.05) is 48.5 Å². The van der Waals surface area contributed by atoms with Crippen LogP contribution >= 0.6 is 0 Å². The zero-order valence-electron chi connectivity index (χ0n) is 17.3. The van der Waals surface area contributed by atoms with Gasteiger partial charge in [-0.05, 0) is 28.7 Å². The van der Waals surface area contributed by atoms with Gasteiger partial charge in [-0.3, -0.25) is 4.79 Å². The molecule has 2 aromatic heterocycles. The fourth-order valence-electron chi connectivity index (χ4n) is 3.39. The number of fused-ring (bicyclic) bond motifs is 1. The lowest BCUT2D eigenvalue weighted by molar-refractivity contribution is 0.102. The number of nitrogens with zero attached hydrogens (tertiary/aromatic N) is 3. The van der Waals surface area contributed by atoms with Crippen LogP contribution in [0.4, 0.5) is 5.82 Å². The molecule has 0 saturated heterocycles. The van der Waals surface area contributed by atoms with Crippen LogP contribution in [0.3, 0.4) is 0 Å². The van der Waals surface area contributed by atoms with Gasteiger partial charge < -0.3 is 10.4 Å². The van der Waals surface area contributed by atoms with Crippen LogP contribution in [0, 0.1) is 0 Å². The molecule has 152 valence electrons. The minimum atomic E-state index is -0.229. The van der Waals surface area contributed by atoms with Crippen LogP contribution in [-0.4, -0.2) is 25.6 Å². The van der Waals surface area contributed by atoms with Crippen molar-refractivity contribution in [2.24, 2.45) is 0 Å². The number of aliphatic hydroxyl groups is 1. The quantitative estimate of drug-likeness (QED) is 0.531. The Morgan fingerprint density at radius 1 is 1.07 bits per heavy atom. The third-order valence-electron chi connectivity index (χ3n) is 5.08.